The maximum Gasteiger partial charge on any atom is 0.441 e. The number of thioether (sulfide) groups is 1. The Hall–Kier alpha value is 0.100. The summed E-state index contributed by atoms with van der Waals surface area (Å²) in [7, 11) is 0. The first-order valence-corrected chi connectivity index (χ1v) is 7.93. The molecule has 0 saturated heterocycles. The minimum atomic E-state index is -4.06. The number of alkyl halides is 3. The second-order valence-corrected chi connectivity index (χ2v) is 6.25. The monoisotopic (exact) mass is 283 g/mol. The van der Waals surface area contributed by atoms with E-state index in [1.807, 2.05) is 0 Å². The fraction of sp³-hybridized carbons (Fsp3) is 1.00. The molecular formula is C13H24F3NS. The molecule has 2 unspecified atom stereocenters. The van der Waals surface area contributed by atoms with Crippen LogP contribution in [0, 0.1) is 11.8 Å². The zero-order valence-corrected chi connectivity index (χ0v) is 11.9. The third-order valence-corrected chi connectivity index (χ3v) is 4.42. The van der Waals surface area contributed by atoms with Gasteiger partial charge in [0.2, 0.25) is 0 Å². The molecule has 0 aliphatic heterocycles. The maximum atomic E-state index is 12.1. The molecule has 108 valence electrons. The molecule has 1 nitrogen and oxygen atoms in total. The van der Waals surface area contributed by atoms with Crippen LogP contribution in [0.1, 0.15) is 45.4 Å². The van der Waals surface area contributed by atoms with Crippen molar-refractivity contribution in [2.45, 2.75) is 51.0 Å². The molecule has 0 radical (unpaired) electrons. The average molecular weight is 283 g/mol. The predicted octanol–water partition coefficient (Wildman–Crippen LogP) is 4.44. The third-order valence-electron chi connectivity index (χ3n) is 3.65. The van der Waals surface area contributed by atoms with Gasteiger partial charge in [0.05, 0.1) is 0 Å². The molecular weight excluding hydrogens is 259 g/mol. The maximum absolute atomic E-state index is 12.1. The summed E-state index contributed by atoms with van der Waals surface area (Å²) in [5, 5.41) is 3.41. The molecule has 1 aliphatic carbocycles. The van der Waals surface area contributed by atoms with Gasteiger partial charge >= 0.3 is 5.51 Å². The van der Waals surface area contributed by atoms with Crippen molar-refractivity contribution >= 4 is 11.8 Å². The van der Waals surface area contributed by atoms with Gasteiger partial charge in [0, 0.05) is 5.75 Å². The van der Waals surface area contributed by atoms with Gasteiger partial charge in [0.1, 0.15) is 0 Å². The summed E-state index contributed by atoms with van der Waals surface area (Å²) in [4.78, 5) is 0. The van der Waals surface area contributed by atoms with Gasteiger partial charge < -0.3 is 5.32 Å². The molecule has 1 aliphatic rings. The summed E-state index contributed by atoms with van der Waals surface area (Å²) in [5.74, 6) is 1.29. The van der Waals surface area contributed by atoms with Crippen LogP contribution >= 0.6 is 11.8 Å². The van der Waals surface area contributed by atoms with E-state index in [4.69, 9.17) is 0 Å². The molecule has 2 atom stereocenters. The van der Waals surface area contributed by atoms with Crippen molar-refractivity contribution in [2.24, 2.45) is 11.8 Å². The van der Waals surface area contributed by atoms with Crippen LogP contribution in [0.4, 0.5) is 13.2 Å². The van der Waals surface area contributed by atoms with Gasteiger partial charge in [0.25, 0.3) is 0 Å². The van der Waals surface area contributed by atoms with Gasteiger partial charge in [-0.15, -0.1) is 0 Å². The zero-order valence-electron chi connectivity index (χ0n) is 11.1. The summed E-state index contributed by atoms with van der Waals surface area (Å²) in [6.45, 7) is 4.13. The Labute approximate surface area is 112 Å². The lowest BCUT2D eigenvalue weighted by Crippen LogP contribution is -2.31. The van der Waals surface area contributed by atoms with E-state index in [1.54, 1.807) is 0 Å². The van der Waals surface area contributed by atoms with Gasteiger partial charge in [0.15, 0.2) is 0 Å². The minimum absolute atomic E-state index is 0.137. The lowest BCUT2D eigenvalue weighted by atomic mass is 9.78. The van der Waals surface area contributed by atoms with E-state index in [1.165, 1.54) is 19.3 Å². The largest absolute Gasteiger partial charge is 0.441 e. The summed E-state index contributed by atoms with van der Waals surface area (Å²) >= 11 is 0.137. The van der Waals surface area contributed by atoms with E-state index in [9.17, 15) is 13.2 Å². The molecule has 1 fully saturated rings. The van der Waals surface area contributed by atoms with Crippen LogP contribution in [0.15, 0.2) is 0 Å². The summed E-state index contributed by atoms with van der Waals surface area (Å²) < 4.78 is 36.3. The van der Waals surface area contributed by atoms with Crippen LogP contribution < -0.4 is 5.32 Å². The number of nitrogens with one attached hydrogen (secondary N) is 1. The molecule has 5 heteroatoms. The average Bonchev–Trinajstić information content (AvgIpc) is 2.30. The van der Waals surface area contributed by atoms with Gasteiger partial charge in [-0.1, -0.05) is 37.9 Å². The van der Waals surface area contributed by atoms with Crippen molar-refractivity contribution in [3.8, 4) is 0 Å². The van der Waals surface area contributed by atoms with Crippen LogP contribution in [0.5, 0.6) is 0 Å². The second kappa shape index (κ2) is 8.31. The van der Waals surface area contributed by atoms with E-state index in [-0.39, 0.29) is 17.5 Å². The molecule has 1 saturated carbocycles. The third kappa shape index (κ3) is 6.88. The number of hydrogen-bond acceptors (Lipinski definition) is 2. The number of hydrogen-bond donors (Lipinski definition) is 1. The highest BCUT2D eigenvalue weighted by molar-refractivity contribution is 8.00. The topological polar surface area (TPSA) is 12.0 Å². The highest BCUT2D eigenvalue weighted by Gasteiger charge is 2.30. The summed E-state index contributed by atoms with van der Waals surface area (Å²) in [6, 6.07) is 0. The molecule has 0 aromatic rings. The Balaban J connectivity index is 2.26. The Morgan fingerprint density at radius 2 is 1.83 bits per heavy atom. The highest BCUT2D eigenvalue weighted by Crippen LogP contribution is 2.36. The first-order valence-electron chi connectivity index (χ1n) is 6.94. The van der Waals surface area contributed by atoms with Crippen LogP contribution in [0.2, 0.25) is 0 Å². The highest BCUT2D eigenvalue weighted by atomic mass is 32.2. The molecule has 18 heavy (non-hydrogen) atoms. The molecule has 0 spiro atoms. The van der Waals surface area contributed by atoms with Crippen molar-refractivity contribution in [3.63, 3.8) is 0 Å². The fourth-order valence-electron chi connectivity index (χ4n) is 2.72. The first kappa shape index (κ1) is 16.2. The Bertz CT molecular complexity index is 221. The molecule has 0 heterocycles. The van der Waals surface area contributed by atoms with Gasteiger partial charge in [-0.2, -0.15) is 13.2 Å². The van der Waals surface area contributed by atoms with Crippen molar-refractivity contribution in [1.29, 1.82) is 0 Å². The van der Waals surface area contributed by atoms with E-state index >= 15 is 0 Å². The molecule has 0 aromatic heterocycles. The van der Waals surface area contributed by atoms with Crippen molar-refractivity contribution in [2.75, 3.05) is 18.8 Å². The molecule has 1 N–H and O–H groups in total. The lowest BCUT2D eigenvalue weighted by molar-refractivity contribution is -0.0328. The smallest absolute Gasteiger partial charge is 0.316 e. The first-order chi connectivity index (χ1) is 8.53. The Morgan fingerprint density at radius 3 is 2.44 bits per heavy atom. The summed E-state index contributed by atoms with van der Waals surface area (Å²) in [5.41, 5.74) is -4.06. The van der Waals surface area contributed by atoms with E-state index < -0.39 is 5.51 Å². The van der Waals surface area contributed by atoms with Gasteiger partial charge in [-0.25, -0.2) is 0 Å². The van der Waals surface area contributed by atoms with E-state index in [2.05, 4.69) is 12.2 Å². The minimum Gasteiger partial charge on any atom is -0.316 e. The standard InChI is InChI=1S/C13H24F3NS/c1-2-8-17-10-12-6-4-3-5-11(12)7-9-18-13(14,15)16/h11-12,17H,2-10H2,1H3. The van der Waals surface area contributed by atoms with E-state index in [0.717, 1.165) is 25.9 Å². The van der Waals surface area contributed by atoms with Crippen molar-refractivity contribution < 1.29 is 13.2 Å². The quantitative estimate of drug-likeness (QED) is 0.693. The second-order valence-electron chi connectivity index (χ2n) is 5.09. The van der Waals surface area contributed by atoms with Crippen molar-refractivity contribution in [1.82, 2.24) is 5.32 Å². The predicted molar refractivity (Wildman–Crippen MR) is 71.7 cm³/mol. The normalized spacial score (nSPS) is 25.3. The van der Waals surface area contributed by atoms with Crippen molar-refractivity contribution in [3.05, 3.63) is 0 Å². The molecule has 0 bridgehead atoms. The lowest BCUT2D eigenvalue weighted by Gasteiger charge is -2.32. The molecule has 0 aromatic carbocycles. The number of halogens is 3. The van der Waals surface area contributed by atoms with Gasteiger partial charge in [-0.3, -0.25) is 0 Å². The fourth-order valence-corrected chi connectivity index (χ4v) is 3.38. The number of rotatable bonds is 7. The van der Waals surface area contributed by atoms with E-state index in [0.29, 0.717) is 18.3 Å². The van der Waals surface area contributed by atoms with Gasteiger partial charge in [-0.05, 0) is 44.2 Å². The molecule has 1 rings (SSSR count). The van der Waals surface area contributed by atoms with Crippen LogP contribution in [0.25, 0.3) is 0 Å². The zero-order chi connectivity index (χ0) is 13.4. The van der Waals surface area contributed by atoms with Crippen LogP contribution in [0.3, 0.4) is 0 Å². The van der Waals surface area contributed by atoms with Crippen LogP contribution in [-0.2, 0) is 0 Å². The SMILES string of the molecule is CCCNCC1CCCCC1CCSC(F)(F)F. The van der Waals surface area contributed by atoms with Crippen LogP contribution in [-0.4, -0.2) is 24.4 Å². The Kier molecular flexibility index (Phi) is 7.46. The summed E-state index contributed by atoms with van der Waals surface area (Å²) in [6.07, 6.45) is 6.53. The molecule has 0 amide bonds. The Morgan fingerprint density at radius 1 is 1.17 bits per heavy atom.